The number of allylic oxidation sites excluding steroid dienone is 1. The lowest BCUT2D eigenvalue weighted by Gasteiger charge is -1.98. The van der Waals surface area contributed by atoms with Crippen LogP contribution in [0.15, 0.2) is 54.6 Å². The van der Waals surface area contributed by atoms with E-state index in [1.54, 1.807) is 30.3 Å². The predicted octanol–water partition coefficient (Wildman–Crippen LogP) is 3.60. The summed E-state index contributed by atoms with van der Waals surface area (Å²) in [4.78, 5) is 11.9. The van der Waals surface area contributed by atoms with Crippen molar-refractivity contribution in [3.63, 3.8) is 0 Å². The molecule has 2 rings (SSSR count). The average Bonchev–Trinajstić information content (AvgIpc) is 2.36. The fourth-order valence-corrected chi connectivity index (χ4v) is 1.69. The van der Waals surface area contributed by atoms with E-state index in [2.05, 4.69) is 0 Å². The van der Waals surface area contributed by atoms with Gasteiger partial charge in [0.05, 0.1) is 0 Å². The minimum atomic E-state index is -0.0398. The Hall–Kier alpha value is -2.35. The van der Waals surface area contributed by atoms with Gasteiger partial charge in [-0.2, -0.15) is 0 Å². The molecule has 0 fully saturated rings. The summed E-state index contributed by atoms with van der Waals surface area (Å²) in [6.45, 7) is 1.95. The standard InChI is InChI=1S/C16H14O2/c1-12-4-2-6-14(10-12)16(18)9-8-13-5-3-7-15(17)11-13/h2-11,17H,1H3/b9-8-. The molecule has 90 valence electrons. The Labute approximate surface area is 106 Å². The van der Waals surface area contributed by atoms with Gasteiger partial charge in [-0.3, -0.25) is 4.79 Å². The quantitative estimate of drug-likeness (QED) is 0.655. The maximum Gasteiger partial charge on any atom is 0.185 e. The molecule has 0 aliphatic rings. The summed E-state index contributed by atoms with van der Waals surface area (Å²) in [5.74, 6) is 0.155. The second-order valence-electron chi connectivity index (χ2n) is 4.16. The predicted molar refractivity (Wildman–Crippen MR) is 72.7 cm³/mol. The Morgan fingerprint density at radius 2 is 1.89 bits per heavy atom. The highest BCUT2D eigenvalue weighted by molar-refractivity contribution is 6.06. The molecule has 0 atom stereocenters. The van der Waals surface area contributed by atoms with E-state index in [1.165, 1.54) is 6.08 Å². The molecule has 0 aliphatic heterocycles. The van der Waals surface area contributed by atoms with Gasteiger partial charge in [0.1, 0.15) is 5.75 Å². The third-order valence-electron chi connectivity index (χ3n) is 2.60. The first kappa shape index (κ1) is 12.1. The molecule has 0 saturated carbocycles. The number of hydrogen-bond acceptors (Lipinski definition) is 2. The van der Waals surface area contributed by atoms with Crippen LogP contribution in [0, 0.1) is 6.92 Å². The van der Waals surface area contributed by atoms with E-state index in [0.29, 0.717) is 5.56 Å². The molecular weight excluding hydrogens is 224 g/mol. The van der Waals surface area contributed by atoms with E-state index in [4.69, 9.17) is 0 Å². The molecule has 0 aliphatic carbocycles. The SMILES string of the molecule is Cc1cccc(C(=O)/C=C\c2cccc(O)c2)c1. The minimum absolute atomic E-state index is 0.0398. The lowest BCUT2D eigenvalue weighted by Crippen LogP contribution is -1.94. The fraction of sp³-hybridized carbons (Fsp3) is 0.0625. The number of phenols is 1. The van der Waals surface area contributed by atoms with Crippen molar-refractivity contribution in [2.45, 2.75) is 6.92 Å². The molecule has 0 radical (unpaired) electrons. The zero-order chi connectivity index (χ0) is 13.0. The summed E-state index contributed by atoms with van der Waals surface area (Å²) in [5, 5.41) is 9.31. The molecule has 1 N–H and O–H groups in total. The van der Waals surface area contributed by atoms with Gasteiger partial charge in [0.25, 0.3) is 0 Å². The zero-order valence-corrected chi connectivity index (χ0v) is 10.1. The van der Waals surface area contributed by atoms with Crippen molar-refractivity contribution in [2.24, 2.45) is 0 Å². The minimum Gasteiger partial charge on any atom is -0.508 e. The summed E-state index contributed by atoms with van der Waals surface area (Å²) in [5.41, 5.74) is 2.54. The average molecular weight is 238 g/mol. The van der Waals surface area contributed by atoms with Crippen LogP contribution in [0.5, 0.6) is 5.75 Å². The second-order valence-corrected chi connectivity index (χ2v) is 4.16. The number of aryl methyl sites for hydroxylation is 1. The second kappa shape index (κ2) is 5.32. The zero-order valence-electron chi connectivity index (χ0n) is 10.1. The summed E-state index contributed by atoms with van der Waals surface area (Å²) < 4.78 is 0. The van der Waals surface area contributed by atoms with Crippen LogP contribution in [-0.4, -0.2) is 10.9 Å². The Balaban J connectivity index is 2.17. The molecule has 0 heterocycles. The van der Waals surface area contributed by atoms with Crippen molar-refractivity contribution >= 4 is 11.9 Å². The molecule has 18 heavy (non-hydrogen) atoms. The van der Waals surface area contributed by atoms with Crippen molar-refractivity contribution in [2.75, 3.05) is 0 Å². The monoisotopic (exact) mass is 238 g/mol. The smallest absolute Gasteiger partial charge is 0.185 e. The maximum atomic E-state index is 11.9. The molecule has 0 bridgehead atoms. The highest BCUT2D eigenvalue weighted by Gasteiger charge is 2.01. The molecular formula is C16H14O2. The van der Waals surface area contributed by atoms with E-state index in [9.17, 15) is 9.90 Å². The first-order chi connectivity index (χ1) is 8.65. The van der Waals surface area contributed by atoms with Gasteiger partial charge in [-0.05, 0) is 36.8 Å². The number of carbonyl (C=O) groups excluding carboxylic acids is 1. The number of phenolic OH excluding ortho intramolecular Hbond substituents is 1. The summed E-state index contributed by atoms with van der Waals surface area (Å²) >= 11 is 0. The van der Waals surface area contributed by atoms with Crippen molar-refractivity contribution in [1.82, 2.24) is 0 Å². The van der Waals surface area contributed by atoms with E-state index in [1.807, 2.05) is 31.2 Å². The topological polar surface area (TPSA) is 37.3 Å². The van der Waals surface area contributed by atoms with Crippen LogP contribution in [0.2, 0.25) is 0 Å². The van der Waals surface area contributed by atoms with E-state index >= 15 is 0 Å². The molecule has 0 saturated heterocycles. The molecule has 0 amide bonds. The van der Waals surface area contributed by atoms with Crippen LogP contribution in [0.1, 0.15) is 21.5 Å². The van der Waals surface area contributed by atoms with Crippen molar-refractivity contribution in [3.8, 4) is 5.75 Å². The largest absolute Gasteiger partial charge is 0.508 e. The summed E-state index contributed by atoms with van der Waals surface area (Å²) in [7, 11) is 0. The van der Waals surface area contributed by atoms with Crippen LogP contribution in [0.25, 0.3) is 6.08 Å². The molecule has 2 heteroatoms. The van der Waals surface area contributed by atoms with E-state index < -0.39 is 0 Å². The molecule has 0 aromatic heterocycles. The van der Waals surface area contributed by atoms with Gasteiger partial charge in [-0.1, -0.05) is 42.0 Å². The normalized spacial score (nSPS) is 10.7. The number of hydrogen-bond donors (Lipinski definition) is 1. The van der Waals surface area contributed by atoms with Gasteiger partial charge in [0.2, 0.25) is 0 Å². The first-order valence-electron chi connectivity index (χ1n) is 5.73. The van der Waals surface area contributed by atoms with Gasteiger partial charge in [0.15, 0.2) is 5.78 Å². The third-order valence-corrected chi connectivity index (χ3v) is 2.60. The first-order valence-corrected chi connectivity index (χ1v) is 5.73. The fourth-order valence-electron chi connectivity index (χ4n) is 1.69. The van der Waals surface area contributed by atoms with Crippen LogP contribution < -0.4 is 0 Å². The maximum absolute atomic E-state index is 11.9. The van der Waals surface area contributed by atoms with Gasteiger partial charge in [0, 0.05) is 5.56 Å². The lowest BCUT2D eigenvalue weighted by molar-refractivity contribution is 0.104. The Kier molecular flexibility index (Phi) is 3.58. The van der Waals surface area contributed by atoms with Gasteiger partial charge in [-0.25, -0.2) is 0 Å². The number of aromatic hydroxyl groups is 1. The van der Waals surface area contributed by atoms with Crippen molar-refractivity contribution in [1.29, 1.82) is 0 Å². The molecule has 0 spiro atoms. The van der Waals surface area contributed by atoms with Gasteiger partial charge >= 0.3 is 0 Å². The molecule has 0 unspecified atom stereocenters. The van der Waals surface area contributed by atoms with Gasteiger partial charge in [-0.15, -0.1) is 0 Å². The van der Waals surface area contributed by atoms with Crippen LogP contribution in [-0.2, 0) is 0 Å². The third kappa shape index (κ3) is 3.08. The van der Waals surface area contributed by atoms with Crippen LogP contribution in [0.3, 0.4) is 0 Å². The number of ketones is 1. The Morgan fingerprint density at radius 3 is 2.61 bits per heavy atom. The Morgan fingerprint density at radius 1 is 1.11 bits per heavy atom. The Bertz CT molecular complexity index is 598. The molecule has 2 nitrogen and oxygen atoms in total. The summed E-state index contributed by atoms with van der Waals surface area (Å²) in [6.07, 6.45) is 3.22. The number of rotatable bonds is 3. The van der Waals surface area contributed by atoms with Crippen LogP contribution >= 0.6 is 0 Å². The van der Waals surface area contributed by atoms with Gasteiger partial charge < -0.3 is 5.11 Å². The summed E-state index contributed by atoms with van der Waals surface area (Å²) in [6, 6.07) is 14.3. The van der Waals surface area contributed by atoms with E-state index in [-0.39, 0.29) is 11.5 Å². The molecule has 2 aromatic rings. The highest BCUT2D eigenvalue weighted by Crippen LogP contribution is 2.13. The van der Waals surface area contributed by atoms with E-state index in [0.717, 1.165) is 11.1 Å². The number of benzene rings is 2. The molecule has 2 aromatic carbocycles. The van der Waals surface area contributed by atoms with Crippen molar-refractivity contribution < 1.29 is 9.90 Å². The number of carbonyl (C=O) groups is 1. The van der Waals surface area contributed by atoms with Crippen LogP contribution in [0.4, 0.5) is 0 Å². The van der Waals surface area contributed by atoms with Crippen molar-refractivity contribution in [3.05, 3.63) is 71.3 Å². The highest BCUT2D eigenvalue weighted by atomic mass is 16.3. The lowest BCUT2D eigenvalue weighted by atomic mass is 10.1.